The summed E-state index contributed by atoms with van der Waals surface area (Å²) in [6.45, 7) is 6.37. The summed E-state index contributed by atoms with van der Waals surface area (Å²) in [7, 11) is 0. The number of ether oxygens (including phenoxy) is 3. The molecule has 0 amide bonds. The van der Waals surface area contributed by atoms with Gasteiger partial charge in [-0.2, -0.15) is 0 Å². The van der Waals surface area contributed by atoms with E-state index in [2.05, 4.69) is 0 Å². The van der Waals surface area contributed by atoms with Crippen LogP contribution in [0.15, 0.2) is 0 Å². The molecule has 146 valence electrons. The van der Waals surface area contributed by atoms with Crippen molar-refractivity contribution in [3.8, 4) is 0 Å². The second kappa shape index (κ2) is 6.51. The molecule has 4 bridgehead atoms. The molecular weight excluding hydrogens is 338 g/mol. The van der Waals surface area contributed by atoms with Gasteiger partial charge in [0.25, 0.3) is 0 Å². The van der Waals surface area contributed by atoms with Crippen LogP contribution in [0.4, 0.5) is 0 Å². The average molecular weight is 367 g/mol. The van der Waals surface area contributed by atoms with Crippen molar-refractivity contribution < 1.29 is 28.6 Å². The molecule has 0 radical (unpaired) electrons. The van der Waals surface area contributed by atoms with Crippen LogP contribution in [-0.4, -0.2) is 42.3 Å². The third-order valence-corrected chi connectivity index (χ3v) is 6.55. The van der Waals surface area contributed by atoms with Gasteiger partial charge in [-0.25, -0.2) is 4.79 Å². The first-order valence-corrected chi connectivity index (χ1v) is 9.35. The first kappa shape index (κ1) is 19.1. The van der Waals surface area contributed by atoms with Gasteiger partial charge in [0, 0.05) is 11.5 Å². The van der Waals surface area contributed by atoms with Crippen molar-refractivity contribution in [2.24, 2.45) is 28.9 Å². The fraction of sp³-hybridized carbons (Fsp3) is 0.842. The van der Waals surface area contributed by atoms with Gasteiger partial charge in [0.1, 0.15) is 12.2 Å². The predicted octanol–water partition coefficient (Wildman–Crippen LogP) is 1.57. The molecule has 0 aromatic heterocycles. The number of hydrogen-bond donors (Lipinski definition) is 1. The summed E-state index contributed by atoms with van der Waals surface area (Å²) in [5, 5.41) is 0. The first-order valence-electron chi connectivity index (χ1n) is 9.35. The maximum absolute atomic E-state index is 12.3. The van der Waals surface area contributed by atoms with Crippen molar-refractivity contribution in [2.75, 3.05) is 6.61 Å². The molecule has 4 rings (SSSR count). The molecule has 5 atom stereocenters. The Morgan fingerprint density at radius 2 is 1.85 bits per heavy atom. The Hall–Kier alpha value is -1.63. The van der Waals surface area contributed by atoms with Crippen molar-refractivity contribution in [3.63, 3.8) is 0 Å². The molecule has 2 saturated heterocycles. The summed E-state index contributed by atoms with van der Waals surface area (Å²) in [6, 6.07) is 0. The third-order valence-electron chi connectivity index (χ3n) is 6.55. The third kappa shape index (κ3) is 3.46. The van der Waals surface area contributed by atoms with E-state index in [-0.39, 0.29) is 23.9 Å². The summed E-state index contributed by atoms with van der Waals surface area (Å²) in [4.78, 5) is 36.6. The molecule has 5 unspecified atom stereocenters. The van der Waals surface area contributed by atoms with E-state index in [1.54, 1.807) is 27.7 Å². The van der Waals surface area contributed by atoms with Crippen molar-refractivity contribution in [1.82, 2.24) is 0 Å². The highest BCUT2D eigenvalue weighted by Crippen LogP contribution is 2.48. The molecule has 0 aromatic carbocycles. The van der Waals surface area contributed by atoms with E-state index in [0.29, 0.717) is 12.3 Å². The summed E-state index contributed by atoms with van der Waals surface area (Å²) >= 11 is 0. The van der Waals surface area contributed by atoms with Crippen LogP contribution in [0, 0.1) is 23.2 Å². The molecule has 4 aliphatic rings. The number of fused-ring (bicyclic) bond motifs is 1. The molecule has 0 spiro atoms. The fourth-order valence-electron chi connectivity index (χ4n) is 4.19. The van der Waals surface area contributed by atoms with Crippen LogP contribution in [-0.2, 0) is 28.6 Å². The summed E-state index contributed by atoms with van der Waals surface area (Å²) < 4.78 is 16.3. The van der Waals surface area contributed by atoms with Gasteiger partial charge in [-0.05, 0) is 59.3 Å². The topological polar surface area (TPSA) is 105 Å². The van der Waals surface area contributed by atoms with Gasteiger partial charge in [0.2, 0.25) is 0 Å². The highest BCUT2D eigenvalue weighted by Gasteiger charge is 2.51. The summed E-state index contributed by atoms with van der Waals surface area (Å²) in [6.07, 6.45) is 2.47. The lowest BCUT2D eigenvalue weighted by atomic mass is 9.67. The predicted molar refractivity (Wildman–Crippen MR) is 91.7 cm³/mol. The number of rotatable bonds is 5. The van der Waals surface area contributed by atoms with Crippen LogP contribution >= 0.6 is 0 Å². The average Bonchev–Trinajstić information content (AvgIpc) is 2.69. The van der Waals surface area contributed by atoms with Crippen molar-refractivity contribution in [1.29, 1.82) is 0 Å². The van der Waals surface area contributed by atoms with E-state index in [1.165, 1.54) is 0 Å². The van der Waals surface area contributed by atoms with E-state index in [9.17, 15) is 14.4 Å². The molecule has 4 fully saturated rings. The number of nitrogens with two attached hydrogens (primary N) is 1. The monoisotopic (exact) mass is 367 g/mol. The number of carbonyl (C=O) groups excluding carboxylic acids is 3. The molecule has 2 aliphatic carbocycles. The molecule has 0 aromatic rings. The first-order chi connectivity index (χ1) is 12.0. The zero-order valence-corrected chi connectivity index (χ0v) is 15.9. The Kier molecular flexibility index (Phi) is 4.80. The van der Waals surface area contributed by atoms with Gasteiger partial charge >= 0.3 is 17.9 Å². The largest absolute Gasteiger partial charge is 0.458 e. The zero-order chi connectivity index (χ0) is 19.3. The Labute approximate surface area is 153 Å². The van der Waals surface area contributed by atoms with Crippen LogP contribution in [0.2, 0.25) is 0 Å². The molecule has 7 heteroatoms. The Morgan fingerprint density at radius 1 is 1.15 bits per heavy atom. The second-order valence-electron chi connectivity index (χ2n) is 9.12. The van der Waals surface area contributed by atoms with E-state index in [4.69, 9.17) is 19.9 Å². The van der Waals surface area contributed by atoms with Crippen molar-refractivity contribution in [3.05, 3.63) is 0 Å². The molecule has 7 nitrogen and oxygen atoms in total. The van der Waals surface area contributed by atoms with E-state index in [1.807, 2.05) is 0 Å². The van der Waals surface area contributed by atoms with Crippen molar-refractivity contribution in [2.45, 2.75) is 71.1 Å². The Morgan fingerprint density at radius 3 is 2.50 bits per heavy atom. The van der Waals surface area contributed by atoms with Crippen LogP contribution in [0.25, 0.3) is 0 Å². The van der Waals surface area contributed by atoms with Gasteiger partial charge in [0.15, 0.2) is 6.61 Å². The number of carbonyl (C=O) groups is 3. The highest BCUT2D eigenvalue weighted by atomic mass is 16.6. The maximum Gasteiger partial charge on any atom is 0.344 e. The maximum atomic E-state index is 12.3. The minimum Gasteiger partial charge on any atom is -0.458 e. The van der Waals surface area contributed by atoms with Gasteiger partial charge < -0.3 is 19.9 Å². The van der Waals surface area contributed by atoms with Gasteiger partial charge in [-0.15, -0.1) is 0 Å². The van der Waals surface area contributed by atoms with Gasteiger partial charge in [-0.3, -0.25) is 9.59 Å². The Bertz CT molecular complexity index is 608. The van der Waals surface area contributed by atoms with Crippen LogP contribution < -0.4 is 5.73 Å². The van der Waals surface area contributed by atoms with Crippen molar-refractivity contribution >= 4 is 17.9 Å². The summed E-state index contributed by atoms with van der Waals surface area (Å²) in [5.74, 6) is -0.788. The molecule has 2 heterocycles. The van der Waals surface area contributed by atoms with Crippen LogP contribution in [0.1, 0.15) is 53.4 Å². The summed E-state index contributed by atoms with van der Waals surface area (Å²) in [5.41, 5.74) is 4.28. The molecule has 26 heavy (non-hydrogen) atoms. The van der Waals surface area contributed by atoms with E-state index >= 15 is 0 Å². The second-order valence-corrected chi connectivity index (χ2v) is 9.12. The lowest BCUT2D eigenvalue weighted by Gasteiger charge is -2.41. The molecule has 2 N–H and O–H groups in total. The smallest absolute Gasteiger partial charge is 0.344 e. The van der Waals surface area contributed by atoms with Gasteiger partial charge in [0.05, 0.1) is 11.3 Å². The van der Waals surface area contributed by atoms with E-state index < -0.39 is 35.6 Å². The number of esters is 3. The molecular formula is C19H29NO6. The quantitative estimate of drug-likeness (QED) is 0.581. The standard InChI is InChI=1S/C19H29NO6/c1-18(2,19(3,4)20)17(23)24-9-14(21)26-15-11-5-10-6-12(8-11)16(22)25-13(15)7-10/h10-13,15H,5-9,20H2,1-4H3. The number of hydrogen-bond acceptors (Lipinski definition) is 7. The lowest BCUT2D eigenvalue weighted by Crippen LogP contribution is -2.52. The normalized spacial score (nSPS) is 33.4. The highest BCUT2D eigenvalue weighted by molar-refractivity contribution is 5.81. The minimum absolute atomic E-state index is 0.0714. The zero-order valence-electron chi connectivity index (χ0n) is 15.9. The SMILES string of the molecule is CC(C)(N)C(C)(C)C(=O)OCC(=O)OC1C2CC3CC(C2)C(=O)OC1C3. The van der Waals surface area contributed by atoms with Gasteiger partial charge in [-0.1, -0.05) is 0 Å². The van der Waals surface area contributed by atoms with Crippen LogP contribution in [0.5, 0.6) is 0 Å². The minimum atomic E-state index is -0.942. The van der Waals surface area contributed by atoms with Crippen LogP contribution in [0.3, 0.4) is 0 Å². The van der Waals surface area contributed by atoms with E-state index in [0.717, 1.165) is 19.3 Å². The molecule has 2 aliphatic heterocycles. The lowest BCUT2D eigenvalue weighted by molar-refractivity contribution is -0.180. The molecule has 2 saturated carbocycles. The fourth-order valence-corrected chi connectivity index (χ4v) is 4.19. The Balaban J connectivity index is 1.57.